The summed E-state index contributed by atoms with van der Waals surface area (Å²) in [5, 5.41) is 7.86. The fourth-order valence-electron chi connectivity index (χ4n) is 3.81. The van der Waals surface area contributed by atoms with Crippen LogP contribution in [0.15, 0.2) is 41.7 Å². The van der Waals surface area contributed by atoms with Crippen molar-refractivity contribution in [3.05, 3.63) is 47.8 Å². The Balaban J connectivity index is 1.52. The molecular weight excluding hydrogens is 336 g/mol. The third-order valence-electron chi connectivity index (χ3n) is 5.31. The average Bonchev–Trinajstić information content (AvgIpc) is 3.31. The van der Waals surface area contributed by atoms with Crippen LogP contribution in [0.2, 0.25) is 0 Å². The molecule has 1 saturated heterocycles. The number of benzene rings is 1. The molecule has 3 rings (SSSR count). The van der Waals surface area contributed by atoms with Gasteiger partial charge in [-0.15, -0.1) is 0 Å². The third-order valence-corrected chi connectivity index (χ3v) is 5.31. The monoisotopic (exact) mass is 368 g/mol. The standard InChI is InChI=1S/C21H32N6/c1-5-26(20-8-6-7-17(2)13-20)12-10-23-21(22-3)27-11-9-18(16-27)19-14-24-25(4)15-19/h6-8,13-15,18H,5,9-12,16H2,1-4H3,(H,22,23). The van der Waals surface area contributed by atoms with E-state index in [0.29, 0.717) is 5.92 Å². The van der Waals surface area contributed by atoms with Crippen molar-refractivity contribution in [2.45, 2.75) is 26.2 Å². The molecule has 1 aliphatic heterocycles. The van der Waals surface area contributed by atoms with Gasteiger partial charge >= 0.3 is 0 Å². The van der Waals surface area contributed by atoms with Gasteiger partial charge in [-0.25, -0.2) is 0 Å². The van der Waals surface area contributed by atoms with Crippen molar-refractivity contribution in [3.8, 4) is 0 Å². The van der Waals surface area contributed by atoms with Gasteiger partial charge in [0.2, 0.25) is 0 Å². The summed E-state index contributed by atoms with van der Waals surface area (Å²) in [7, 11) is 3.85. The third kappa shape index (κ3) is 4.81. The number of nitrogens with zero attached hydrogens (tertiary/aromatic N) is 5. The number of likely N-dealkylation sites (N-methyl/N-ethyl adjacent to an activating group) is 1. The quantitative estimate of drug-likeness (QED) is 0.629. The molecule has 27 heavy (non-hydrogen) atoms. The fraction of sp³-hybridized carbons (Fsp3) is 0.524. The number of aliphatic imine (C=N–C) groups is 1. The summed E-state index contributed by atoms with van der Waals surface area (Å²) in [5.74, 6) is 1.54. The SMILES string of the molecule is CCN(CCNC(=NC)N1CCC(c2cnn(C)c2)C1)c1cccc(C)c1. The largest absolute Gasteiger partial charge is 0.370 e. The Kier molecular flexibility index (Phi) is 6.37. The van der Waals surface area contributed by atoms with Gasteiger partial charge in [-0.3, -0.25) is 9.67 Å². The van der Waals surface area contributed by atoms with Crippen molar-refractivity contribution in [3.63, 3.8) is 0 Å². The van der Waals surface area contributed by atoms with Crippen LogP contribution in [0, 0.1) is 6.92 Å². The van der Waals surface area contributed by atoms with Crippen molar-refractivity contribution in [2.24, 2.45) is 12.0 Å². The van der Waals surface area contributed by atoms with E-state index in [2.05, 4.69) is 69.5 Å². The molecule has 6 heteroatoms. The maximum atomic E-state index is 4.51. The molecule has 0 bridgehead atoms. The van der Waals surface area contributed by atoms with Crippen LogP contribution in [0.5, 0.6) is 0 Å². The van der Waals surface area contributed by atoms with Crippen LogP contribution in [0.25, 0.3) is 0 Å². The first-order valence-corrected chi connectivity index (χ1v) is 9.86. The molecule has 1 aromatic carbocycles. The maximum Gasteiger partial charge on any atom is 0.193 e. The van der Waals surface area contributed by atoms with Gasteiger partial charge in [0.15, 0.2) is 5.96 Å². The second-order valence-electron chi connectivity index (χ2n) is 7.27. The lowest BCUT2D eigenvalue weighted by Crippen LogP contribution is -2.43. The van der Waals surface area contributed by atoms with Crippen LogP contribution in [-0.4, -0.2) is 60.4 Å². The number of hydrogen-bond donors (Lipinski definition) is 1. The zero-order valence-electron chi connectivity index (χ0n) is 17.0. The summed E-state index contributed by atoms with van der Waals surface area (Å²) in [6, 6.07) is 8.70. The predicted molar refractivity (Wildman–Crippen MR) is 113 cm³/mol. The van der Waals surface area contributed by atoms with Crippen molar-refractivity contribution in [1.29, 1.82) is 0 Å². The lowest BCUT2D eigenvalue weighted by atomic mass is 10.0. The smallest absolute Gasteiger partial charge is 0.193 e. The molecule has 0 saturated carbocycles. The first-order chi connectivity index (χ1) is 13.1. The Morgan fingerprint density at radius 2 is 2.26 bits per heavy atom. The van der Waals surface area contributed by atoms with E-state index >= 15 is 0 Å². The number of guanidine groups is 1. The maximum absolute atomic E-state index is 4.51. The van der Waals surface area contributed by atoms with Crippen LogP contribution < -0.4 is 10.2 Å². The van der Waals surface area contributed by atoms with Gasteiger partial charge in [-0.2, -0.15) is 5.10 Å². The molecule has 1 aliphatic rings. The molecule has 1 atom stereocenters. The first kappa shape index (κ1) is 19.3. The number of aromatic nitrogens is 2. The lowest BCUT2D eigenvalue weighted by Gasteiger charge is -2.26. The topological polar surface area (TPSA) is 48.7 Å². The molecule has 146 valence electrons. The van der Waals surface area contributed by atoms with E-state index in [1.807, 2.05) is 25.0 Å². The van der Waals surface area contributed by atoms with Crippen LogP contribution in [0.1, 0.15) is 30.4 Å². The van der Waals surface area contributed by atoms with Crippen LogP contribution >= 0.6 is 0 Å². The van der Waals surface area contributed by atoms with E-state index in [0.717, 1.165) is 45.1 Å². The minimum absolute atomic E-state index is 0.539. The molecule has 1 unspecified atom stereocenters. The van der Waals surface area contributed by atoms with E-state index in [1.165, 1.54) is 16.8 Å². The van der Waals surface area contributed by atoms with Gasteiger partial charge in [0.1, 0.15) is 0 Å². The molecule has 2 heterocycles. The molecular formula is C21H32N6. The Bertz CT molecular complexity index is 766. The molecule has 1 fully saturated rings. The minimum Gasteiger partial charge on any atom is -0.370 e. The molecule has 0 radical (unpaired) electrons. The highest BCUT2D eigenvalue weighted by Crippen LogP contribution is 2.26. The van der Waals surface area contributed by atoms with E-state index < -0.39 is 0 Å². The summed E-state index contributed by atoms with van der Waals surface area (Å²) >= 11 is 0. The molecule has 1 aromatic heterocycles. The Hall–Kier alpha value is -2.50. The Morgan fingerprint density at radius 3 is 2.93 bits per heavy atom. The molecule has 0 spiro atoms. The molecule has 2 aromatic rings. The van der Waals surface area contributed by atoms with Gasteiger partial charge in [-0.1, -0.05) is 12.1 Å². The zero-order chi connectivity index (χ0) is 19.2. The van der Waals surface area contributed by atoms with Crippen LogP contribution in [0.4, 0.5) is 5.69 Å². The van der Waals surface area contributed by atoms with Gasteiger partial charge in [0, 0.05) is 64.6 Å². The minimum atomic E-state index is 0.539. The van der Waals surface area contributed by atoms with Gasteiger partial charge in [0.25, 0.3) is 0 Å². The molecule has 0 aliphatic carbocycles. The summed E-state index contributed by atoms with van der Waals surface area (Å²) < 4.78 is 1.88. The van der Waals surface area contributed by atoms with E-state index in [1.54, 1.807) is 0 Å². The summed E-state index contributed by atoms with van der Waals surface area (Å²) in [4.78, 5) is 9.27. The normalized spacial score (nSPS) is 17.4. The summed E-state index contributed by atoms with van der Waals surface area (Å²) in [6.45, 7) is 9.22. The first-order valence-electron chi connectivity index (χ1n) is 9.86. The number of anilines is 1. The Morgan fingerprint density at radius 1 is 1.41 bits per heavy atom. The molecule has 0 amide bonds. The number of hydrogen-bond acceptors (Lipinski definition) is 3. The zero-order valence-corrected chi connectivity index (χ0v) is 17.0. The highest BCUT2D eigenvalue weighted by molar-refractivity contribution is 5.80. The van der Waals surface area contributed by atoms with Crippen molar-refractivity contribution in [2.75, 3.05) is 44.7 Å². The van der Waals surface area contributed by atoms with Crippen molar-refractivity contribution < 1.29 is 0 Å². The van der Waals surface area contributed by atoms with Gasteiger partial charge in [-0.05, 0) is 43.5 Å². The number of rotatable bonds is 6. The lowest BCUT2D eigenvalue weighted by molar-refractivity contribution is 0.486. The molecule has 1 N–H and O–H groups in total. The van der Waals surface area contributed by atoms with E-state index in [-0.39, 0.29) is 0 Å². The highest BCUT2D eigenvalue weighted by Gasteiger charge is 2.26. The average molecular weight is 369 g/mol. The van der Waals surface area contributed by atoms with Crippen molar-refractivity contribution >= 4 is 11.6 Å². The highest BCUT2D eigenvalue weighted by atomic mass is 15.3. The Labute approximate surface area is 162 Å². The van der Waals surface area contributed by atoms with Gasteiger partial charge in [0.05, 0.1) is 6.20 Å². The van der Waals surface area contributed by atoms with Crippen molar-refractivity contribution in [1.82, 2.24) is 20.0 Å². The molecule has 6 nitrogen and oxygen atoms in total. The second kappa shape index (κ2) is 8.93. The predicted octanol–water partition coefficient (Wildman–Crippen LogP) is 2.62. The van der Waals surface area contributed by atoms with E-state index in [9.17, 15) is 0 Å². The van der Waals surface area contributed by atoms with Crippen LogP contribution in [-0.2, 0) is 7.05 Å². The second-order valence-corrected chi connectivity index (χ2v) is 7.27. The van der Waals surface area contributed by atoms with E-state index in [4.69, 9.17) is 0 Å². The summed E-state index contributed by atoms with van der Waals surface area (Å²) in [6.07, 6.45) is 5.27. The fourth-order valence-corrected chi connectivity index (χ4v) is 3.81. The number of nitrogens with one attached hydrogen (secondary N) is 1. The van der Waals surface area contributed by atoms with Crippen LogP contribution in [0.3, 0.4) is 0 Å². The summed E-state index contributed by atoms with van der Waals surface area (Å²) in [5.41, 5.74) is 3.91. The van der Waals surface area contributed by atoms with Gasteiger partial charge < -0.3 is 15.1 Å². The number of aryl methyl sites for hydroxylation is 2. The number of likely N-dealkylation sites (tertiary alicyclic amines) is 1.